The van der Waals surface area contributed by atoms with Crippen LogP contribution in [0.25, 0.3) is 0 Å². The Morgan fingerprint density at radius 1 is 0.659 bits per heavy atom. The third kappa shape index (κ3) is 10.7. The quantitative estimate of drug-likeness (QED) is 0.0261. The Kier molecular flexibility index (Phi) is 15.9. The van der Waals surface area contributed by atoms with E-state index in [0.29, 0.717) is 21.8 Å². The van der Waals surface area contributed by atoms with Gasteiger partial charge in [0.25, 0.3) is 11.8 Å². The van der Waals surface area contributed by atoms with E-state index >= 15 is 14.4 Å². The average molecular weight is 1160 g/mol. The number of nitrogens with zero attached hydrogens (tertiary/aromatic N) is 3. The fourth-order valence-electron chi connectivity index (χ4n) is 11.1. The molecule has 1 fully saturated rings. The highest BCUT2D eigenvalue weighted by Gasteiger charge is 2.55. The molecule has 85 heavy (non-hydrogen) atoms. The van der Waals surface area contributed by atoms with Crippen LogP contribution in [-0.4, -0.2) is 63.6 Å². The highest BCUT2D eigenvalue weighted by atomic mass is 32.2. The van der Waals surface area contributed by atoms with Gasteiger partial charge in [0, 0.05) is 27.8 Å². The zero-order chi connectivity index (χ0) is 58.3. The minimum Gasteiger partial charge on any atom is -0.492 e. The van der Waals surface area contributed by atoms with Crippen molar-refractivity contribution in [2.45, 2.75) is 35.6 Å². The van der Waals surface area contributed by atoms with E-state index in [0.717, 1.165) is 33.4 Å². The standard InChI is InChI=1S/C70H55N5O8S2/c1-46-61(80-2)57(81-66(46)78)43-49-44-84-65-59(64(77)75(65)60(49)67(79)82-62(47-27-11-3-12-28-47)48-29-13-4-14-30-48)72-63(76)58(74-83-70(53-37-21-8-22-38-53,54-39-23-9-24-40-54)55-41-25-10-26-42-55)56-45-85-68(71-56)73-69(50-31-15-5-16-32-50,51-33-17-6-18-34-51)52-35-19-7-20-36-52/h3-43,45,59,62,65H,44H2,1-2H3,(H,71,73)(H,72,76)/t59-,65+/m1/s1. The second-order valence-corrected chi connectivity index (χ2v) is 22.2. The summed E-state index contributed by atoms with van der Waals surface area (Å²) >= 11 is 2.59. The molecule has 9 aromatic rings. The zero-order valence-electron chi connectivity index (χ0n) is 46.1. The maximum Gasteiger partial charge on any atom is 0.356 e. The van der Waals surface area contributed by atoms with Crippen LogP contribution in [0.5, 0.6) is 0 Å². The fourth-order valence-corrected chi connectivity index (χ4v) is 13.1. The van der Waals surface area contributed by atoms with Gasteiger partial charge in [0.05, 0.1) is 12.7 Å². The molecule has 0 spiro atoms. The summed E-state index contributed by atoms with van der Waals surface area (Å²) in [5.41, 5.74) is 4.47. The van der Waals surface area contributed by atoms with Crippen LogP contribution in [0.2, 0.25) is 0 Å². The summed E-state index contributed by atoms with van der Waals surface area (Å²) in [5.74, 6) is -2.38. The number of esters is 2. The third-order valence-corrected chi connectivity index (χ3v) is 17.2. The number of hydrogen-bond donors (Lipinski definition) is 2. The molecule has 15 heteroatoms. The number of carbonyl (C=O) groups is 4. The SMILES string of the molecule is COC1=C(C)C(=O)OC1=CC1=C(C(=O)OC(c2ccccc2)c2ccccc2)N2C(=O)[C@@H](NC(=O)C(=NOC(c3ccccc3)(c3ccccc3)c3ccccc3)c3csc(NC(c4ccccc4)(c4ccccc4)c4ccccc4)n3)[C@@H]2SC1. The molecule has 420 valence electrons. The normalized spacial score (nSPS) is 16.6. The van der Waals surface area contributed by atoms with Crippen molar-refractivity contribution in [2.75, 3.05) is 18.2 Å². The molecule has 3 aliphatic rings. The number of β-lactam (4-membered cyclic amide) rings is 1. The lowest BCUT2D eigenvalue weighted by molar-refractivity contribution is -0.154. The monoisotopic (exact) mass is 1160 g/mol. The first-order valence-electron chi connectivity index (χ1n) is 27.5. The lowest BCUT2D eigenvalue weighted by atomic mass is 9.77. The van der Waals surface area contributed by atoms with Crippen molar-refractivity contribution in [1.82, 2.24) is 15.2 Å². The smallest absolute Gasteiger partial charge is 0.356 e. The van der Waals surface area contributed by atoms with Gasteiger partial charge in [-0.25, -0.2) is 14.6 Å². The van der Waals surface area contributed by atoms with Crippen LogP contribution in [0.3, 0.4) is 0 Å². The van der Waals surface area contributed by atoms with Gasteiger partial charge in [0.2, 0.25) is 5.60 Å². The van der Waals surface area contributed by atoms with Gasteiger partial charge in [0.15, 0.2) is 28.5 Å². The Balaban J connectivity index is 0.951. The molecule has 0 radical (unpaired) electrons. The largest absolute Gasteiger partial charge is 0.492 e. The molecule has 2 amide bonds. The fraction of sp³-hybridized carbons (Fsp3) is 0.114. The number of ether oxygens (including phenoxy) is 3. The van der Waals surface area contributed by atoms with Crippen LogP contribution in [0.15, 0.2) is 288 Å². The number of thiazole rings is 1. The molecular formula is C70H55N5O8S2. The van der Waals surface area contributed by atoms with E-state index in [9.17, 15) is 4.79 Å². The van der Waals surface area contributed by atoms with Gasteiger partial charge in [-0.15, -0.1) is 23.1 Å². The first kappa shape index (κ1) is 55.4. The number of methoxy groups -OCH3 is 1. The molecular weight excluding hydrogens is 1100 g/mol. The molecule has 8 aromatic carbocycles. The number of nitrogens with one attached hydrogen (secondary N) is 2. The number of aromatic nitrogens is 1. The van der Waals surface area contributed by atoms with Gasteiger partial charge in [-0.3, -0.25) is 14.5 Å². The number of fused-ring (bicyclic) bond motifs is 1. The van der Waals surface area contributed by atoms with E-state index < -0.39 is 52.4 Å². The molecule has 1 saturated heterocycles. The lowest BCUT2D eigenvalue weighted by Gasteiger charge is -2.49. The molecule has 0 bridgehead atoms. The average Bonchev–Trinajstić information content (AvgIpc) is 2.63. The predicted molar refractivity (Wildman–Crippen MR) is 329 cm³/mol. The highest BCUT2D eigenvalue weighted by Crippen LogP contribution is 2.45. The number of rotatable bonds is 19. The first-order chi connectivity index (χ1) is 41.7. The molecule has 0 aliphatic carbocycles. The minimum atomic E-state index is -1.41. The number of allylic oxidation sites excluding steroid dienone is 1. The molecule has 0 unspecified atom stereocenters. The number of anilines is 1. The van der Waals surface area contributed by atoms with Crippen LogP contribution in [-0.2, 0) is 49.4 Å². The summed E-state index contributed by atoms with van der Waals surface area (Å²) in [4.78, 5) is 72.2. The molecule has 0 saturated carbocycles. The second kappa shape index (κ2) is 24.4. The summed E-state index contributed by atoms with van der Waals surface area (Å²) in [6.07, 6.45) is 0.657. The lowest BCUT2D eigenvalue weighted by Crippen LogP contribution is -2.71. The van der Waals surface area contributed by atoms with Crippen LogP contribution in [0.1, 0.15) is 63.2 Å². The number of oxime groups is 1. The maximum atomic E-state index is 15.6. The highest BCUT2D eigenvalue weighted by molar-refractivity contribution is 8.00. The van der Waals surface area contributed by atoms with E-state index in [4.69, 9.17) is 29.2 Å². The van der Waals surface area contributed by atoms with Gasteiger partial charge >= 0.3 is 11.9 Å². The Morgan fingerprint density at radius 2 is 1.11 bits per heavy atom. The van der Waals surface area contributed by atoms with E-state index in [-0.39, 0.29) is 39.9 Å². The Hall–Kier alpha value is -10.1. The van der Waals surface area contributed by atoms with Gasteiger partial charge in [0.1, 0.15) is 28.3 Å². The molecule has 13 nitrogen and oxygen atoms in total. The Bertz CT molecular complexity index is 3790. The van der Waals surface area contributed by atoms with Crippen LogP contribution < -0.4 is 10.6 Å². The number of amides is 2. The molecule has 4 heterocycles. The van der Waals surface area contributed by atoms with Crippen molar-refractivity contribution >= 4 is 57.7 Å². The number of hydrogen-bond acceptors (Lipinski definition) is 13. The third-order valence-electron chi connectivity index (χ3n) is 15.2. The van der Waals surface area contributed by atoms with Crippen molar-refractivity contribution in [3.05, 3.63) is 333 Å². The number of cyclic esters (lactones) is 1. The van der Waals surface area contributed by atoms with Crippen molar-refractivity contribution in [3.8, 4) is 0 Å². The van der Waals surface area contributed by atoms with Gasteiger partial charge < -0.3 is 29.7 Å². The van der Waals surface area contributed by atoms with E-state index in [1.807, 2.05) is 206 Å². The molecule has 2 atom stereocenters. The molecule has 12 rings (SSSR count). The number of thioether (sulfide) groups is 1. The van der Waals surface area contributed by atoms with Crippen molar-refractivity contribution in [3.63, 3.8) is 0 Å². The van der Waals surface area contributed by atoms with Crippen LogP contribution in [0, 0.1) is 0 Å². The number of carbonyl (C=O) groups excluding carboxylic acids is 4. The minimum absolute atomic E-state index is 0.0777. The number of benzene rings is 8. The van der Waals surface area contributed by atoms with Crippen LogP contribution >= 0.6 is 23.1 Å². The summed E-state index contributed by atoms with van der Waals surface area (Å²) in [6.45, 7) is 1.58. The van der Waals surface area contributed by atoms with E-state index in [2.05, 4.69) is 47.0 Å². The summed E-state index contributed by atoms with van der Waals surface area (Å²) in [5, 5.41) is 13.1. The maximum absolute atomic E-state index is 15.6. The van der Waals surface area contributed by atoms with Gasteiger partial charge in [-0.2, -0.15) is 0 Å². The zero-order valence-corrected chi connectivity index (χ0v) is 47.7. The van der Waals surface area contributed by atoms with Gasteiger partial charge in [-0.05, 0) is 46.4 Å². The first-order valence-corrected chi connectivity index (χ1v) is 29.4. The second-order valence-electron chi connectivity index (χ2n) is 20.2. The van der Waals surface area contributed by atoms with Crippen molar-refractivity contribution in [2.24, 2.45) is 5.16 Å². The predicted octanol–water partition coefficient (Wildman–Crippen LogP) is 12.6. The van der Waals surface area contributed by atoms with Crippen molar-refractivity contribution in [1.29, 1.82) is 0 Å². The van der Waals surface area contributed by atoms with Crippen LogP contribution in [0.4, 0.5) is 5.13 Å². The Labute approximate surface area is 500 Å². The topological polar surface area (TPSA) is 158 Å². The Morgan fingerprint density at radius 3 is 1.56 bits per heavy atom. The van der Waals surface area contributed by atoms with Gasteiger partial charge in [-0.1, -0.05) is 248 Å². The molecule has 2 N–H and O–H groups in total. The molecule has 1 aromatic heterocycles. The summed E-state index contributed by atoms with van der Waals surface area (Å²) in [7, 11) is 1.42. The van der Waals surface area contributed by atoms with Crippen molar-refractivity contribution < 1.29 is 38.2 Å². The van der Waals surface area contributed by atoms with E-state index in [1.165, 1.54) is 41.2 Å². The summed E-state index contributed by atoms with van der Waals surface area (Å²) in [6, 6.07) is 76.7. The van der Waals surface area contributed by atoms with E-state index in [1.54, 1.807) is 12.3 Å². The summed E-state index contributed by atoms with van der Waals surface area (Å²) < 4.78 is 17.7. The molecule has 3 aliphatic heterocycles.